The summed E-state index contributed by atoms with van der Waals surface area (Å²) in [6, 6.07) is 6.97. The third-order valence-electron chi connectivity index (χ3n) is 5.27. The highest BCUT2D eigenvalue weighted by Gasteiger charge is 2.23. The lowest BCUT2D eigenvalue weighted by molar-refractivity contribution is -0.120. The standard InChI is InChI=1S/C22H29N3O3S/c1-4-5-15-6-11-18-20(12-15)29-22(24-18)25-21(27)13-19(23-14(2)26)16-7-9-17(28-3)10-8-16/h7-10,15,19H,4-6,11-13H2,1-3H3,(H,23,26)(H,24,25,27). The summed E-state index contributed by atoms with van der Waals surface area (Å²) in [5, 5.41) is 6.46. The lowest BCUT2D eigenvalue weighted by Crippen LogP contribution is -2.29. The van der Waals surface area contributed by atoms with Crippen LogP contribution < -0.4 is 15.4 Å². The molecule has 2 unspecified atom stereocenters. The number of methoxy groups -OCH3 is 1. The number of carbonyl (C=O) groups excluding carboxylic acids is 2. The summed E-state index contributed by atoms with van der Waals surface area (Å²) in [5.74, 6) is 1.13. The molecule has 0 radical (unpaired) electrons. The maximum Gasteiger partial charge on any atom is 0.228 e. The maximum absolute atomic E-state index is 12.7. The Bertz CT molecular complexity index is 847. The molecule has 0 aliphatic heterocycles. The van der Waals surface area contributed by atoms with Gasteiger partial charge in [-0.25, -0.2) is 4.98 Å². The minimum Gasteiger partial charge on any atom is -0.497 e. The van der Waals surface area contributed by atoms with E-state index in [2.05, 4.69) is 22.5 Å². The number of anilines is 1. The number of hydrogen-bond donors (Lipinski definition) is 2. The summed E-state index contributed by atoms with van der Waals surface area (Å²) in [6.45, 7) is 3.68. The minimum atomic E-state index is -0.401. The van der Waals surface area contributed by atoms with Gasteiger partial charge in [0.15, 0.2) is 5.13 Å². The SMILES string of the molecule is CCCC1CCc2nc(NC(=O)CC(NC(C)=O)c3ccc(OC)cc3)sc2C1. The van der Waals surface area contributed by atoms with E-state index in [0.717, 1.165) is 35.8 Å². The van der Waals surface area contributed by atoms with Crippen LogP contribution in [0.3, 0.4) is 0 Å². The van der Waals surface area contributed by atoms with Crippen LogP contribution in [0.4, 0.5) is 5.13 Å². The summed E-state index contributed by atoms with van der Waals surface area (Å²) in [4.78, 5) is 30.2. The second-order valence-corrected chi connectivity index (χ2v) is 8.65. The third-order valence-corrected chi connectivity index (χ3v) is 6.31. The van der Waals surface area contributed by atoms with Gasteiger partial charge >= 0.3 is 0 Å². The van der Waals surface area contributed by atoms with E-state index in [1.54, 1.807) is 18.4 Å². The summed E-state index contributed by atoms with van der Waals surface area (Å²) < 4.78 is 5.18. The molecule has 6 nitrogen and oxygen atoms in total. The molecule has 1 aromatic heterocycles. The molecule has 2 N–H and O–H groups in total. The summed E-state index contributed by atoms with van der Waals surface area (Å²) in [7, 11) is 1.60. The number of rotatable bonds is 8. The monoisotopic (exact) mass is 415 g/mol. The molecule has 2 atom stereocenters. The van der Waals surface area contributed by atoms with Crippen molar-refractivity contribution in [1.29, 1.82) is 0 Å². The molecular weight excluding hydrogens is 386 g/mol. The number of aryl methyl sites for hydroxylation is 1. The highest BCUT2D eigenvalue weighted by Crippen LogP contribution is 2.34. The van der Waals surface area contributed by atoms with Gasteiger partial charge in [-0.2, -0.15) is 0 Å². The molecular formula is C22H29N3O3S. The normalized spacial score (nSPS) is 16.6. The van der Waals surface area contributed by atoms with Gasteiger partial charge in [-0.05, 0) is 42.9 Å². The zero-order chi connectivity index (χ0) is 20.8. The van der Waals surface area contributed by atoms with Crippen molar-refractivity contribution in [3.8, 4) is 5.75 Å². The lowest BCUT2D eigenvalue weighted by Gasteiger charge is -2.19. The number of nitrogens with zero attached hydrogens (tertiary/aromatic N) is 1. The fraction of sp³-hybridized carbons (Fsp3) is 0.500. The Morgan fingerprint density at radius 3 is 2.72 bits per heavy atom. The fourth-order valence-electron chi connectivity index (χ4n) is 3.84. The Morgan fingerprint density at radius 2 is 2.07 bits per heavy atom. The largest absolute Gasteiger partial charge is 0.497 e. The van der Waals surface area contributed by atoms with Gasteiger partial charge in [0, 0.05) is 11.8 Å². The van der Waals surface area contributed by atoms with Crippen LogP contribution >= 0.6 is 11.3 Å². The maximum atomic E-state index is 12.7. The molecule has 29 heavy (non-hydrogen) atoms. The summed E-state index contributed by atoms with van der Waals surface area (Å²) in [5.41, 5.74) is 1.99. The number of benzene rings is 1. The number of nitrogens with one attached hydrogen (secondary N) is 2. The van der Waals surface area contributed by atoms with Gasteiger partial charge in [-0.15, -0.1) is 11.3 Å². The molecule has 7 heteroatoms. The van der Waals surface area contributed by atoms with Crippen LogP contribution in [-0.4, -0.2) is 23.9 Å². The number of thiazole rings is 1. The summed E-state index contributed by atoms with van der Waals surface area (Å²) >= 11 is 1.59. The van der Waals surface area contributed by atoms with E-state index < -0.39 is 6.04 Å². The quantitative estimate of drug-likeness (QED) is 0.675. The average molecular weight is 416 g/mol. The van der Waals surface area contributed by atoms with Crippen LogP contribution in [0.25, 0.3) is 0 Å². The fourth-order valence-corrected chi connectivity index (χ4v) is 4.98. The highest BCUT2D eigenvalue weighted by molar-refractivity contribution is 7.15. The molecule has 0 spiro atoms. The lowest BCUT2D eigenvalue weighted by atomic mass is 9.88. The second kappa shape index (κ2) is 9.87. The van der Waals surface area contributed by atoms with Crippen LogP contribution in [-0.2, 0) is 22.4 Å². The molecule has 0 saturated carbocycles. The van der Waals surface area contributed by atoms with Crippen molar-refractivity contribution in [2.45, 2.75) is 58.4 Å². The van der Waals surface area contributed by atoms with Crippen molar-refractivity contribution in [3.05, 3.63) is 40.4 Å². The van der Waals surface area contributed by atoms with E-state index in [9.17, 15) is 9.59 Å². The molecule has 1 aliphatic rings. The van der Waals surface area contributed by atoms with Crippen molar-refractivity contribution in [2.24, 2.45) is 5.92 Å². The number of hydrogen-bond acceptors (Lipinski definition) is 5. The predicted octanol–water partition coefficient (Wildman–Crippen LogP) is 4.26. The third kappa shape index (κ3) is 5.79. The van der Waals surface area contributed by atoms with Gasteiger partial charge in [0.05, 0.1) is 25.3 Å². The molecule has 1 aromatic carbocycles. The van der Waals surface area contributed by atoms with Gasteiger partial charge in [-0.3, -0.25) is 9.59 Å². The first-order valence-corrected chi connectivity index (χ1v) is 11.0. The molecule has 0 saturated heterocycles. The number of aromatic nitrogens is 1. The first kappa shape index (κ1) is 21.3. The summed E-state index contributed by atoms with van der Waals surface area (Å²) in [6.07, 6.45) is 5.84. The molecule has 2 aromatic rings. The molecule has 156 valence electrons. The van der Waals surface area contributed by atoms with Crippen LogP contribution in [0.1, 0.15) is 61.7 Å². The minimum absolute atomic E-state index is 0.147. The Labute approximate surface area is 176 Å². The second-order valence-electron chi connectivity index (χ2n) is 7.56. The van der Waals surface area contributed by atoms with Crippen molar-refractivity contribution in [3.63, 3.8) is 0 Å². The molecule has 0 bridgehead atoms. The van der Waals surface area contributed by atoms with E-state index in [1.165, 1.54) is 31.1 Å². The molecule has 1 heterocycles. The Kier molecular flexibility index (Phi) is 7.25. The number of amides is 2. The van der Waals surface area contributed by atoms with Gasteiger partial charge in [0.25, 0.3) is 0 Å². The Morgan fingerprint density at radius 1 is 1.31 bits per heavy atom. The van der Waals surface area contributed by atoms with E-state index >= 15 is 0 Å². The molecule has 3 rings (SSSR count). The van der Waals surface area contributed by atoms with E-state index in [1.807, 2.05) is 24.3 Å². The van der Waals surface area contributed by atoms with Crippen LogP contribution in [0.15, 0.2) is 24.3 Å². The first-order chi connectivity index (χ1) is 14.0. The predicted molar refractivity (Wildman–Crippen MR) is 115 cm³/mol. The van der Waals surface area contributed by atoms with Crippen molar-refractivity contribution in [2.75, 3.05) is 12.4 Å². The smallest absolute Gasteiger partial charge is 0.228 e. The van der Waals surface area contributed by atoms with E-state index in [0.29, 0.717) is 5.13 Å². The Balaban J connectivity index is 1.65. The van der Waals surface area contributed by atoms with E-state index in [-0.39, 0.29) is 18.2 Å². The number of ether oxygens (including phenoxy) is 1. The average Bonchev–Trinajstić information content (AvgIpc) is 3.08. The number of carbonyl (C=O) groups is 2. The van der Waals surface area contributed by atoms with Gasteiger partial charge < -0.3 is 15.4 Å². The van der Waals surface area contributed by atoms with Gasteiger partial charge in [-0.1, -0.05) is 31.9 Å². The Hall–Kier alpha value is -2.41. The van der Waals surface area contributed by atoms with Crippen LogP contribution in [0.2, 0.25) is 0 Å². The van der Waals surface area contributed by atoms with Crippen LogP contribution in [0.5, 0.6) is 5.75 Å². The molecule has 2 amide bonds. The van der Waals surface area contributed by atoms with Crippen LogP contribution in [0, 0.1) is 5.92 Å². The van der Waals surface area contributed by atoms with Gasteiger partial charge in [0.1, 0.15) is 5.75 Å². The zero-order valence-electron chi connectivity index (χ0n) is 17.3. The molecule has 0 fully saturated rings. The zero-order valence-corrected chi connectivity index (χ0v) is 18.1. The van der Waals surface area contributed by atoms with Crippen molar-refractivity contribution in [1.82, 2.24) is 10.3 Å². The van der Waals surface area contributed by atoms with E-state index in [4.69, 9.17) is 4.74 Å². The van der Waals surface area contributed by atoms with Gasteiger partial charge in [0.2, 0.25) is 11.8 Å². The molecule has 1 aliphatic carbocycles. The number of fused-ring (bicyclic) bond motifs is 1. The van der Waals surface area contributed by atoms with Crippen molar-refractivity contribution < 1.29 is 14.3 Å². The first-order valence-electron chi connectivity index (χ1n) is 10.2. The van der Waals surface area contributed by atoms with Crippen molar-refractivity contribution >= 4 is 28.3 Å². The highest BCUT2D eigenvalue weighted by atomic mass is 32.1. The topological polar surface area (TPSA) is 80.3 Å².